The number of hydrogen-bond acceptors (Lipinski definition) is 8. The first-order valence-corrected chi connectivity index (χ1v) is 39.1. The van der Waals surface area contributed by atoms with Gasteiger partial charge in [-0.05, 0) is 0 Å². The van der Waals surface area contributed by atoms with Crippen LogP contribution in [-0.2, 0) is 89.9 Å². The number of nitrogens with one attached hydrogen (secondary N) is 2. The fourth-order valence-corrected chi connectivity index (χ4v) is 45.4. The molecule has 0 aromatic heterocycles. The summed E-state index contributed by atoms with van der Waals surface area (Å²) in [4.78, 5) is 0. The van der Waals surface area contributed by atoms with E-state index < -0.39 is 47.4 Å². The number of aliphatic hydroxyl groups is 6. The Balaban J connectivity index is 0.000000920. The summed E-state index contributed by atoms with van der Waals surface area (Å²) in [6, 6.07) is 36.4. The van der Waals surface area contributed by atoms with E-state index in [1.54, 1.807) is 83.6 Å². The molecule has 4 aliphatic rings. The van der Waals surface area contributed by atoms with Crippen LogP contribution in [0.4, 0.5) is 0 Å². The van der Waals surface area contributed by atoms with E-state index in [1.807, 2.05) is 0 Å². The minimum Gasteiger partial charge on any atom is -1.00 e. The van der Waals surface area contributed by atoms with Crippen molar-refractivity contribution in [1.29, 1.82) is 0 Å². The SMILES string of the molecule is CC(C)(C)[NH][Ti-]1([CH3])([CH3])([CH]2c3ccccc3-c3ccccc32)[CH2][CH2]1.CC(C)(C)[NH][Ti-]1([CH3])([CH3])([CH]2c3ccccc3-c3ccccc32)[CH2][CH2]1.OC(O)[CH2][Ti+2].OC(O)[CH2][Ti+2].OC(O)[CH2][Ti+2].[Cl-].[Cl-].[Cl-].[Cl-]. The van der Waals surface area contributed by atoms with Gasteiger partial charge in [0.25, 0.3) is 0 Å². The molecule has 0 spiro atoms. The Morgan fingerprint density at radius 2 is 0.600 bits per heavy atom. The van der Waals surface area contributed by atoms with Gasteiger partial charge in [0.15, 0.2) is 0 Å². The molecular weight excluding hydrogens is 1080 g/mol. The van der Waals surface area contributed by atoms with Crippen molar-refractivity contribution in [3.63, 3.8) is 0 Å². The first-order valence-electron chi connectivity index (χ1n) is 21.8. The first kappa shape index (κ1) is 66.3. The zero-order chi connectivity index (χ0) is 46.0. The fourth-order valence-electron chi connectivity index (χ4n) is 11.5. The van der Waals surface area contributed by atoms with Crippen LogP contribution in [0.2, 0.25) is 54.0 Å². The number of fused-ring (bicyclic) bond motifs is 6. The molecule has 0 unspecified atom stereocenters. The van der Waals surface area contributed by atoms with E-state index >= 15 is 0 Å². The summed E-state index contributed by atoms with van der Waals surface area (Å²) in [7, 11) is 0. The van der Waals surface area contributed by atoms with E-state index in [0.717, 1.165) is 0 Å². The van der Waals surface area contributed by atoms with Crippen LogP contribution in [-0.4, -0.2) is 60.6 Å². The van der Waals surface area contributed by atoms with Crippen molar-refractivity contribution in [2.45, 2.75) is 134 Å². The van der Waals surface area contributed by atoms with Gasteiger partial charge in [0, 0.05) is 0 Å². The van der Waals surface area contributed by atoms with Crippen LogP contribution in [0, 0.1) is 0 Å². The molecule has 4 aromatic rings. The van der Waals surface area contributed by atoms with E-state index in [4.69, 9.17) is 30.6 Å². The van der Waals surface area contributed by atoms with E-state index in [1.165, 1.54) is 41.2 Å². The van der Waals surface area contributed by atoms with Crippen LogP contribution >= 0.6 is 0 Å². The van der Waals surface area contributed by atoms with Gasteiger partial charge in [-0.1, -0.05) is 0 Å². The molecule has 2 heterocycles. The Labute approximate surface area is 447 Å². The van der Waals surface area contributed by atoms with Crippen LogP contribution < -0.4 is 57.2 Å². The van der Waals surface area contributed by atoms with Gasteiger partial charge in [-0.25, -0.2) is 0 Å². The van der Waals surface area contributed by atoms with Crippen LogP contribution in [0.1, 0.15) is 72.2 Å². The van der Waals surface area contributed by atoms with E-state index in [9.17, 15) is 0 Å². The molecule has 0 amide bonds. The molecule has 0 bridgehead atoms. The Hall–Kier alpha value is 1.29. The largest absolute Gasteiger partial charge is 1.00 e. The standard InChI is InChI=1S/2C13H9.2C4H10N.3C2H5O2.2C2H4.4CH3.4ClH.5Ti/c2*1-3-7-12-10(5-1)9-11-6-2-4-8-13(11)12;2*1-4(2,3)5;3*1-2(3)4;2*1-2;;;;;;;;;;;;;/h2*1-9H;2*5H,1-3H3;3*2-4H,1H2;2*1-2H2;4*1H3;4*1H;;;;;/q;;2*-1;;;;;;;;;;;;;;;;3*+2/p-4. The van der Waals surface area contributed by atoms with Crippen molar-refractivity contribution in [2.75, 3.05) is 0 Å². The Morgan fingerprint density at radius 3 is 0.738 bits per heavy atom. The van der Waals surface area contributed by atoms with Crippen molar-refractivity contribution in [3.05, 3.63) is 119 Å². The molecule has 0 saturated carbocycles. The van der Waals surface area contributed by atoms with Gasteiger partial charge in [0.2, 0.25) is 0 Å². The Bertz CT molecular complexity index is 1930. The number of hydrogen-bond donors (Lipinski definition) is 8. The Kier molecular flexibility index (Phi) is 23.9. The minimum atomic E-state index is -3.32. The van der Waals surface area contributed by atoms with E-state index in [2.05, 4.69) is 167 Å². The van der Waals surface area contributed by atoms with E-state index in [0.29, 0.717) is 22.6 Å². The second-order valence-electron chi connectivity index (χ2n) is 23.3. The van der Waals surface area contributed by atoms with Crippen LogP contribution in [0.3, 0.4) is 0 Å². The van der Waals surface area contributed by atoms with Crippen LogP contribution in [0.5, 0.6) is 0 Å². The molecule has 2 saturated heterocycles. The molecule has 0 radical (unpaired) electrons. The van der Waals surface area contributed by atoms with Crippen molar-refractivity contribution in [2.24, 2.45) is 0 Å². The summed E-state index contributed by atoms with van der Waals surface area (Å²) in [5.74, 6) is 0. The van der Waals surface area contributed by atoms with Gasteiger partial charge >= 0.3 is 404 Å². The molecular formula is C48H73Cl4N2O6Ti5. The van der Waals surface area contributed by atoms with E-state index in [-0.39, 0.29) is 60.7 Å². The average Bonchev–Trinajstić information content (AvgIpc) is 3.83. The summed E-state index contributed by atoms with van der Waals surface area (Å²) in [5, 5.41) is 58.1. The molecule has 2 aliphatic carbocycles. The van der Waals surface area contributed by atoms with Gasteiger partial charge in [-0.15, -0.1) is 0 Å². The van der Waals surface area contributed by atoms with Crippen molar-refractivity contribution >= 4 is 0 Å². The minimum absolute atomic E-state index is 0. The molecule has 8 rings (SSSR count). The van der Waals surface area contributed by atoms with Gasteiger partial charge in [0.05, 0.1) is 0 Å². The maximum atomic E-state index is 7.92. The summed E-state index contributed by atoms with van der Waals surface area (Å²) in [6.45, 7) is 14.0. The quantitative estimate of drug-likeness (QED) is 0.0807. The summed E-state index contributed by atoms with van der Waals surface area (Å²) < 4.78 is 16.5. The monoisotopic (exact) mass is 1150 g/mol. The normalized spacial score (nSPS) is 20.8. The summed E-state index contributed by atoms with van der Waals surface area (Å²) >= 11 is -1.54. The number of benzene rings is 4. The maximum Gasteiger partial charge on any atom is -1.00 e. The third-order valence-electron chi connectivity index (χ3n) is 13.8. The second-order valence-corrected chi connectivity index (χ2v) is 56.8. The predicted octanol–water partition coefficient (Wildman–Crippen LogP) is -1.73. The molecule has 0 atom stereocenters. The zero-order valence-electron chi connectivity index (χ0n) is 39.8. The first-order chi connectivity index (χ1) is 28.0. The molecule has 2 aliphatic heterocycles. The third kappa shape index (κ3) is 15.6. The fraction of sp³-hybridized carbons (Fsp3) is 0.500. The molecule has 8 nitrogen and oxygen atoms in total. The third-order valence-corrected chi connectivity index (χ3v) is 41.1. The number of aliphatic hydroxyl groups excluding tert-OH is 3. The van der Waals surface area contributed by atoms with Gasteiger partial charge in [-0.2, -0.15) is 0 Å². The number of rotatable bonds is 7. The van der Waals surface area contributed by atoms with Crippen molar-refractivity contribution in [3.8, 4) is 22.3 Å². The molecule has 17 heteroatoms. The zero-order valence-corrected chi connectivity index (χ0v) is 50.6. The van der Waals surface area contributed by atoms with Crippen LogP contribution in [0.15, 0.2) is 97.1 Å². The van der Waals surface area contributed by atoms with Crippen molar-refractivity contribution < 1.29 is 170 Å². The smallest absolute Gasteiger partial charge is 1.00 e. The van der Waals surface area contributed by atoms with Crippen LogP contribution in [0.25, 0.3) is 22.3 Å². The maximum absolute atomic E-state index is 7.92. The molecule has 2 fully saturated rings. The summed E-state index contributed by atoms with van der Waals surface area (Å²) in [5.41, 5.74) is 12.4. The molecule has 8 N–H and O–H groups in total. The van der Waals surface area contributed by atoms with Crippen molar-refractivity contribution in [1.82, 2.24) is 7.60 Å². The second kappa shape index (κ2) is 23.4. The molecule has 4 aromatic carbocycles. The van der Waals surface area contributed by atoms with Gasteiger partial charge in [-0.3, -0.25) is 0 Å². The average molecular weight is 1160 g/mol. The predicted molar refractivity (Wildman–Crippen MR) is 235 cm³/mol. The summed E-state index contributed by atoms with van der Waals surface area (Å²) in [6.07, 6.45) is -3.35. The number of halogens is 4. The van der Waals surface area contributed by atoms with Gasteiger partial charge < -0.3 is 49.6 Å². The van der Waals surface area contributed by atoms with Gasteiger partial charge in [0.1, 0.15) is 0 Å². The molecule has 65 heavy (non-hydrogen) atoms. The molecule has 359 valence electrons. The topological polar surface area (TPSA) is 145 Å². The Morgan fingerprint density at radius 1 is 0.431 bits per heavy atom.